The van der Waals surface area contributed by atoms with Crippen molar-refractivity contribution in [1.29, 1.82) is 0 Å². The molecular weight excluding hydrogens is 328 g/mol. The maximum atomic E-state index is 9.17. The Bertz CT molecular complexity index is 763. The van der Waals surface area contributed by atoms with Crippen molar-refractivity contribution in [1.82, 2.24) is 15.0 Å². The highest BCUT2D eigenvalue weighted by Crippen LogP contribution is 2.33. The summed E-state index contributed by atoms with van der Waals surface area (Å²) >= 11 is 3.21. The van der Waals surface area contributed by atoms with Crippen molar-refractivity contribution in [2.24, 2.45) is 0 Å². The third kappa shape index (κ3) is 3.80. The first-order chi connectivity index (χ1) is 11.3. The molecule has 2 N–H and O–H groups in total. The maximum Gasteiger partial charge on any atom is 0.176 e. The van der Waals surface area contributed by atoms with Crippen LogP contribution in [0.25, 0.3) is 10.3 Å². The molecule has 0 bridgehead atoms. The van der Waals surface area contributed by atoms with E-state index in [4.69, 9.17) is 0 Å². The third-order valence-corrected chi connectivity index (χ3v) is 5.55. The molecule has 0 spiro atoms. The number of nitrogens with one attached hydrogen (secondary N) is 1. The normalized spacial score (nSPS) is 12.4. The van der Waals surface area contributed by atoms with Crippen LogP contribution in [0.15, 0.2) is 41.0 Å². The highest BCUT2D eigenvalue weighted by atomic mass is 32.2. The molecule has 5 nitrogen and oxygen atoms in total. The van der Waals surface area contributed by atoms with Gasteiger partial charge in [0.15, 0.2) is 9.99 Å². The lowest BCUT2D eigenvalue weighted by atomic mass is 10.0. The van der Waals surface area contributed by atoms with Crippen LogP contribution in [-0.4, -0.2) is 32.9 Å². The fourth-order valence-corrected chi connectivity index (χ4v) is 3.86. The van der Waals surface area contributed by atoms with Crippen molar-refractivity contribution < 1.29 is 5.11 Å². The summed E-state index contributed by atoms with van der Waals surface area (Å²) < 4.78 is 1.96. The van der Waals surface area contributed by atoms with Crippen LogP contribution in [0.5, 0.6) is 0 Å². The Balaban J connectivity index is 1.91. The summed E-state index contributed by atoms with van der Waals surface area (Å²) in [5.74, 6) is 0.805. The van der Waals surface area contributed by atoms with Crippen LogP contribution >= 0.6 is 23.1 Å². The van der Waals surface area contributed by atoms with E-state index in [0.717, 1.165) is 33.3 Å². The monoisotopic (exact) mass is 346 g/mol. The zero-order valence-electron chi connectivity index (χ0n) is 12.8. The van der Waals surface area contributed by atoms with Crippen LogP contribution < -0.4 is 5.32 Å². The van der Waals surface area contributed by atoms with Gasteiger partial charge in [0.25, 0.3) is 0 Å². The van der Waals surface area contributed by atoms with E-state index < -0.39 is 0 Å². The molecule has 3 rings (SSSR count). The Labute approximate surface area is 143 Å². The second-order valence-electron chi connectivity index (χ2n) is 5.03. The number of rotatable bonds is 7. The lowest BCUT2D eigenvalue weighted by Gasteiger charge is -2.19. The molecule has 0 amide bonds. The van der Waals surface area contributed by atoms with Crippen molar-refractivity contribution in [3.8, 4) is 0 Å². The first-order valence-electron chi connectivity index (χ1n) is 7.39. The Hall–Kier alpha value is -1.70. The molecule has 1 aromatic carbocycles. The number of nitrogens with zero attached hydrogens (tertiary/aromatic N) is 3. The van der Waals surface area contributed by atoms with Crippen molar-refractivity contribution in [2.75, 3.05) is 18.2 Å². The summed E-state index contributed by atoms with van der Waals surface area (Å²) in [5, 5.41) is 12.7. The standard InChI is InChI=1S/C16H18N4OS2/c1-22-16-20-15-13(23-16)14(17-10-18-15)19-12(8-5-9-21)11-6-3-2-4-7-11/h2-4,6-7,10,12,21H,5,8-9H2,1H3,(H,17,18,19). The Morgan fingerprint density at radius 2 is 2.09 bits per heavy atom. The van der Waals surface area contributed by atoms with Gasteiger partial charge in [-0.3, -0.25) is 0 Å². The van der Waals surface area contributed by atoms with Crippen LogP contribution in [0.2, 0.25) is 0 Å². The molecule has 0 saturated carbocycles. The first kappa shape index (κ1) is 16.2. The zero-order chi connectivity index (χ0) is 16.1. The highest BCUT2D eigenvalue weighted by molar-refractivity contribution is 8.00. The molecule has 2 aromatic heterocycles. The maximum absolute atomic E-state index is 9.17. The number of aliphatic hydroxyl groups excluding tert-OH is 1. The highest BCUT2D eigenvalue weighted by Gasteiger charge is 2.16. The number of thioether (sulfide) groups is 1. The Morgan fingerprint density at radius 3 is 2.83 bits per heavy atom. The van der Waals surface area contributed by atoms with Gasteiger partial charge >= 0.3 is 0 Å². The summed E-state index contributed by atoms with van der Waals surface area (Å²) in [4.78, 5) is 13.1. The molecule has 120 valence electrons. The average molecular weight is 346 g/mol. The molecule has 0 aliphatic heterocycles. The van der Waals surface area contributed by atoms with Gasteiger partial charge in [0.2, 0.25) is 0 Å². The average Bonchev–Trinajstić information content (AvgIpc) is 3.03. The van der Waals surface area contributed by atoms with E-state index in [-0.39, 0.29) is 12.6 Å². The zero-order valence-corrected chi connectivity index (χ0v) is 14.4. The summed E-state index contributed by atoms with van der Waals surface area (Å²) in [7, 11) is 0. The predicted molar refractivity (Wildman–Crippen MR) is 96.1 cm³/mol. The Kier molecular flexibility index (Phi) is 5.43. The molecule has 0 fully saturated rings. The largest absolute Gasteiger partial charge is 0.396 e. The molecule has 2 heterocycles. The van der Waals surface area contributed by atoms with Gasteiger partial charge in [-0.1, -0.05) is 42.1 Å². The lowest BCUT2D eigenvalue weighted by Crippen LogP contribution is -2.12. The molecule has 3 aromatic rings. The molecule has 0 aliphatic rings. The summed E-state index contributed by atoms with van der Waals surface area (Å²) in [6.45, 7) is 0.182. The van der Waals surface area contributed by atoms with Crippen molar-refractivity contribution in [3.05, 3.63) is 42.2 Å². The molecule has 7 heteroatoms. The van der Waals surface area contributed by atoms with Gasteiger partial charge in [-0.2, -0.15) is 0 Å². The fraction of sp³-hybridized carbons (Fsp3) is 0.312. The van der Waals surface area contributed by atoms with Gasteiger partial charge < -0.3 is 10.4 Å². The van der Waals surface area contributed by atoms with Crippen LogP contribution in [0, 0.1) is 0 Å². The molecule has 0 radical (unpaired) electrons. The number of aromatic nitrogens is 3. The molecule has 23 heavy (non-hydrogen) atoms. The SMILES string of the molecule is CSc1nc2ncnc(NC(CCCO)c3ccccc3)c2s1. The molecular formula is C16H18N4OS2. The van der Waals surface area contributed by atoms with E-state index in [1.807, 2.05) is 24.5 Å². The van der Waals surface area contributed by atoms with E-state index in [1.54, 1.807) is 29.4 Å². The van der Waals surface area contributed by atoms with Crippen molar-refractivity contribution in [3.63, 3.8) is 0 Å². The molecule has 1 unspecified atom stereocenters. The number of benzene rings is 1. The van der Waals surface area contributed by atoms with Crippen LogP contribution in [0.1, 0.15) is 24.4 Å². The minimum Gasteiger partial charge on any atom is -0.396 e. The number of thiazole rings is 1. The summed E-state index contributed by atoms with van der Waals surface area (Å²) in [6.07, 6.45) is 5.12. The number of aliphatic hydroxyl groups is 1. The number of anilines is 1. The quantitative estimate of drug-likeness (QED) is 0.635. The van der Waals surface area contributed by atoms with E-state index in [2.05, 4.69) is 32.4 Å². The molecule has 0 aliphatic carbocycles. The minimum atomic E-state index is 0.0984. The molecule has 1 atom stereocenters. The van der Waals surface area contributed by atoms with Crippen LogP contribution in [-0.2, 0) is 0 Å². The fourth-order valence-electron chi connectivity index (χ4n) is 2.39. The Morgan fingerprint density at radius 1 is 1.26 bits per heavy atom. The van der Waals surface area contributed by atoms with Crippen molar-refractivity contribution in [2.45, 2.75) is 23.2 Å². The van der Waals surface area contributed by atoms with E-state index in [0.29, 0.717) is 0 Å². The smallest absolute Gasteiger partial charge is 0.176 e. The summed E-state index contributed by atoms with van der Waals surface area (Å²) in [5.41, 5.74) is 1.91. The minimum absolute atomic E-state index is 0.0984. The van der Waals surface area contributed by atoms with E-state index in [1.165, 1.54) is 5.56 Å². The van der Waals surface area contributed by atoms with Gasteiger partial charge in [0.05, 0.1) is 6.04 Å². The topological polar surface area (TPSA) is 70.9 Å². The lowest BCUT2D eigenvalue weighted by molar-refractivity contribution is 0.281. The van der Waals surface area contributed by atoms with E-state index in [9.17, 15) is 5.11 Å². The second kappa shape index (κ2) is 7.72. The van der Waals surface area contributed by atoms with Gasteiger partial charge in [-0.25, -0.2) is 15.0 Å². The van der Waals surface area contributed by atoms with E-state index >= 15 is 0 Å². The van der Waals surface area contributed by atoms with Gasteiger partial charge in [0, 0.05) is 6.61 Å². The first-order valence-corrected chi connectivity index (χ1v) is 9.44. The number of hydrogen-bond acceptors (Lipinski definition) is 7. The van der Waals surface area contributed by atoms with Gasteiger partial charge in [-0.15, -0.1) is 11.3 Å². The van der Waals surface area contributed by atoms with Crippen molar-refractivity contribution >= 4 is 39.3 Å². The third-order valence-electron chi connectivity index (χ3n) is 3.51. The summed E-state index contributed by atoms with van der Waals surface area (Å²) in [6, 6.07) is 10.3. The van der Waals surface area contributed by atoms with Crippen LogP contribution in [0.4, 0.5) is 5.82 Å². The molecule has 0 saturated heterocycles. The van der Waals surface area contributed by atoms with Crippen LogP contribution in [0.3, 0.4) is 0 Å². The van der Waals surface area contributed by atoms with Gasteiger partial charge in [-0.05, 0) is 24.7 Å². The number of hydrogen-bond donors (Lipinski definition) is 2. The predicted octanol–water partition coefficient (Wildman–Crippen LogP) is 3.73. The number of fused-ring (bicyclic) bond motifs is 1. The van der Waals surface area contributed by atoms with Gasteiger partial charge in [0.1, 0.15) is 16.8 Å². The second-order valence-corrected chi connectivity index (χ2v) is 7.08.